The van der Waals surface area contributed by atoms with Gasteiger partial charge in [0.05, 0.1) is 24.9 Å². The lowest BCUT2D eigenvalue weighted by molar-refractivity contribution is 0.00376. The van der Waals surface area contributed by atoms with Gasteiger partial charge in [-0.3, -0.25) is 4.90 Å². The number of carbonyl (C=O) groups is 2. The summed E-state index contributed by atoms with van der Waals surface area (Å²) in [5.74, 6) is -1.76. The SMILES string of the molecule is CCOC(=O)c1cccc(NC(=O)N2CCN(C[C@H](OCc3c(F)cccc3F)c3ccc(Cl)cc3)CC2)c1. The summed E-state index contributed by atoms with van der Waals surface area (Å²) in [6.45, 7) is 4.35. The number of urea groups is 1. The van der Waals surface area contributed by atoms with Crippen LogP contribution >= 0.6 is 11.6 Å². The molecule has 3 aromatic carbocycles. The van der Waals surface area contributed by atoms with Gasteiger partial charge in [0.1, 0.15) is 11.6 Å². The van der Waals surface area contributed by atoms with Crippen LogP contribution in [0.25, 0.3) is 0 Å². The maximum absolute atomic E-state index is 14.2. The molecule has 39 heavy (non-hydrogen) atoms. The van der Waals surface area contributed by atoms with Crippen molar-refractivity contribution < 1.29 is 27.8 Å². The molecule has 1 fully saturated rings. The second kappa shape index (κ2) is 13.5. The van der Waals surface area contributed by atoms with Gasteiger partial charge in [0.15, 0.2) is 0 Å². The van der Waals surface area contributed by atoms with E-state index in [2.05, 4.69) is 10.2 Å². The lowest BCUT2D eigenvalue weighted by atomic mass is 10.1. The minimum Gasteiger partial charge on any atom is -0.462 e. The molecule has 1 saturated heterocycles. The molecule has 10 heteroatoms. The number of nitrogens with one attached hydrogen (secondary N) is 1. The Balaban J connectivity index is 1.35. The number of halogens is 3. The molecule has 0 aromatic heterocycles. The number of piperazine rings is 1. The zero-order chi connectivity index (χ0) is 27.8. The Bertz CT molecular complexity index is 1260. The molecule has 0 aliphatic carbocycles. The van der Waals surface area contributed by atoms with Gasteiger partial charge in [0.2, 0.25) is 0 Å². The molecule has 0 spiro atoms. The van der Waals surface area contributed by atoms with Crippen molar-refractivity contribution in [2.45, 2.75) is 19.6 Å². The Labute approximate surface area is 231 Å². The van der Waals surface area contributed by atoms with E-state index in [1.54, 1.807) is 48.2 Å². The van der Waals surface area contributed by atoms with Crippen molar-refractivity contribution in [1.82, 2.24) is 9.80 Å². The smallest absolute Gasteiger partial charge is 0.338 e. The molecule has 0 radical (unpaired) electrons. The Morgan fingerprint density at radius 1 is 0.974 bits per heavy atom. The van der Waals surface area contributed by atoms with E-state index in [1.165, 1.54) is 18.2 Å². The van der Waals surface area contributed by atoms with Crippen molar-refractivity contribution in [1.29, 1.82) is 0 Å². The van der Waals surface area contributed by atoms with Crippen LogP contribution < -0.4 is 5.32 Å². The first-order chi connectivity index (χ1) is 18.8. The molecule has 206 valence electrons. The molecule has 1 aliphatic rings. The van der Waals surface area contributed by atoms with Gasteiger partial charge in [-0.05, 0) is 55.0 Å². The fourth-order valence-corrected chi connectivity index (χ4v) is 4.42. The fraction of sp³-hybridized carbons (Fsp3) is 0.310. The Morgan fingerprint density at radius 3 is 2.31 bits per heavy atom. The van der Waals surface area contributed by atoms with Crippen LogP contribution in [0, 0.1) is 11.6 Å². The average Bonchev–Trinajstić information content (AvgIpc) is 2.93. The third-order valence-corrected chi connectivity index (χ3v) is 6.69. The first-order valence-corrected chi connectivity index (χ1v) is 13.1. The van der Waals surface area contributed by atoms with E-state index in [0.29, 0.717) is 49.0 Å². The predicted molar refractivity (Wildman–Crippen MR) is 145 cm³/mol. The largest absolute Gasteiger partial charge is 0.462 e. The van der Waals surface area contributed by atoms with Crippen molar-refractivity contribution in [2.24, 2.45) is 0 Å². The summed E-state index contributed by atoms with van der Waals surface area (Å²) in [6.07, 6.45) is -0.465. The number of hydrogen-bond donors (Lipinski definition) is 1. The highest BCUT2D eigenvalue weighted by Crippen LogP contribution is 2.25. The van der Waals surface area contributed by atoms with Gasteiger partial charge in [-0.2, -0.15) is 0 Å². The highest BCUT2D eigenvalue weighted by molar-refractivity contribution is 6.30. The topological polar surface area (TPSA) is 71.1 Å². The summed E-state index contributed by atoms with van der Waals surface area (Å²) in [7, 11) is 0. The third kappa shape index (κ3) is 7.75. The molecule has 1 aliphatic heterocycles. The molecule has 1 N–H and O–H groups in total. The number of hydrogen-bond acceptors (Lipinski definition) is 5. The molecule has 0 saturated carbocycles. The molecule has 4 rings (SSSR count). The van der Waals surface area contributed by atoms with E-state index in [4.69, 9.17) is 21.1 Å². The minimum absolute atomic E-state index is 0.120. The lowest BCUT2D eigenvalue weighted by Crippen LogP contribution is -2.50. The van der Waals surface area contributed by atoms with Crippen molar-refractivity contribution in [3.05, 3.63) is 100 Å². The number of amides is 2. The normalized spacial score (nSPS) is 14.6. The third-order valence-electron chi connectivity index (χ3n) is 6.44. The first-order valence-electron chi connectivity index (χ1n) is 12.7. The first kappa shape index (κ1) is 28.5. The number of benzene rings is 3. The van der Waals surface area contributed by atoms with Crippen LogP contribution in [0.4, 0.5) is 19.3 Å². The van der Waals surface area contributed by atoms with Gasteiger partial charge >= 0.3 is 12.0 Å². The molecule has 1 atom stereocenters. The van der Waals surface area contributed by atoms with E-state index in [-0.39, 0.29) is 24.8 Å². The Hall–Kier alpha value is -3.53. The Morgan fingerprint density at radius 2 is 1.64 bits per heavy atom. The number of anilines is 1. The monoisotopic (exact) mass is 557 g/mol. The second-order valence-corrected chi connectivity index (χ2v) is 9.51. The van der Waals surface area contributed by atoms with Gasteiger partial charge in [-0.1, -0.05) is 35.9 Å². The second-order valence-electron chi connectivity index (χ2n) is 9.07. The Kier molecular flexibility index (Phi) is 9.86. The average molecular weight is 558 g/mol. The summed E-state index contributed by atoms with van der Waals surface area (Å²) in [4.78, 5) is 28.7. The number of ether oxygens (including phenoxy) is 2. The molecule has 3 aromatic rings. The predicted octanol–water partition coefficient (Wildman–Crippen LogP) is 5.90. The highest BCUT2D eigenvalue weighted by Gasteiger charge is 2.25. The van der Waals surface area contributed by atoms with Gasteiger partial charge in [-0.15, -0.1) is 0 Å². The van der Waals surface area contributed by atoms with Crippen molar-refractivity contribution in [2.75, 3.05) is 44.6 Å². The van der Waals surface area contributed by atoms with Crippen molar-refractivity contribution >= 4 is 29.3 Å². The van der Waals surface area contributed by atoms with Crippen LogP contribution in [0.15, 0.2) is 66.7 Å². The fourth-order valence-electron chi connectivity index (χ4n) is 4.29. The minimum atomic E-state index is -0.655. The summed E-state index contributed by atoms with van der Waals surface area (Å²) in [5.41, 5.74) is 1.58. The zero-order valence-electron chi connectivity index (χ0n) is 21.5. The van der Waals surface area contributed by atoms with Gasteiger partial charge in [0.25, 0.3) is 0 Å². The van der Waals surface area contributed by atoms with Crippen LogP contribution in [0.1, 0.15) is 34.5 Å². The molecule has 0 bridgehead atoms. The van der Waals surface area contributed by atoms with Gasteiger partial charge < -0.3 is 19.7 Å². The molecule has 7 nitrogen and oxygen atoms in total. The molecule has 0 unspecified atom stereocenters. The summed E-state index contributed by atoms with van der Waals surface area (Å²) < 4.78 is 39.4. The summed E-state index contributed by atoms with van der Waals surface area (Å²) >= 11 is 6.05. The number of esters is 1. The molecular weight excluding hydrogens is 528 g/mol. The standard InChI is InChI=1S/C29H30ClF2N3O4/c1-2-38-28(36)21-5-3-6-23(17-21)33-29(37)35-15-13-34(14-16-35)18-27(20-9-11-22(30)12-10-20)39-19-24-25(31)7-4-8-26(24)32/h3-12,17,27H,2,13-16,18-19H2,1H3,(H,33,37)/t27-/m0/s1. The van der Waals surface area contributed by atoms with E-state index in [1.807, 2.05) is 12.1 Å². The maximum atomic E-state index is 14.2. The van der Waals surface area contributed by atoms with Crippen LogP contribution in [0.2, 0.25) is 5.02 Å². The van der Waals surface area contributed by atoms with Crippen molar-refractivity contribution in [3.8, 4) is 0 Å². The number of rotatable bonds is 9. The van der Waals surface area contributed by atoms with Crippen molar-refractivity contribution in [3.63, 3.8) is 0 Å². The van der Waals surface area contributed by atoms with Crippen LogP contribution in [0.5, 0.6) is 0 Å². The lowest BCUT2D eigenvalue weighted by Gasteiger charge is -2.36. The van der Waals surface area contributed by atoms with Gasteiger partial charge in [-0.25, -0.2) is 18.4 Å². The number of nitrogens with zero attached hydrogens (tertiary/aromatic N) is 2. The highest BCUT2D eigenvalue weighted by atomic mass is 35.5. The van der Waals surface area contributed by atoms with E-state index in [9.17, 15) is 18.4 Å². The van der Waals surface area contributed by atoms with Crippen LogP contribution in [-0.2, 0) is 16.1 Å². The summed E-state index contributed by atoms with van der Waals surface area (Å²) in [6, 6.07) is 17.2. The summed E-state index contributed by atoms with van der Waals surface area (Å²) in [5, 5.41) is 3.41. The zero-order valence-corrected chi connectivity index (χ0v) is 22.3. The molecule has 1 heterocycles. The van der Waals surface area contributed by atoms with Gasteiger partial charge in [0, 0.05) is 49.0 Å². The molecule has 2 amide bonds. The quantitative estimate of drug-likeness (QED) is 0.332. The number of carbonyl (C=O) groups excluding carboxylic acids is 2. The van der Waals surface area contributed by atoms with Crippen LogP contribution in [0.3, 0.4) is 0 Å². The maximum Gasteiger partial charge on any atom is 0.338 e. The van der Waals surface area contributed by atoms with E-state index in [0.717, 1.165) is 5.56 Å². The molecular formula is C29H30ClF2N3O4. The van der Waals surface area contributed by atoms with Crippen LogP contribution in [-0.4, -0.2) is 61.1 Å². The van der Waals surface area contributed by atoms with E-state index >= 15 is 0 Å². The van der Waals surface area contributed by atoms with E-state index < -0.39 is 23.7 Å².